The number of nitrogen functional groups attached to an aromatic ring is 1. The van der Waals surface area contributed by atoms with Crippen LogP contribution < -0.4 is 16.8 Å². The van der Waals surface area contributed by atoms with Crippen molar-refractivity contribution in [1.82, 2.24) is 5.16 Å². The molecule has 0 radical (unpaired) electrons. The standard InChI is InChI=1S/C12H13FN4O2/c1-6-2-7(19-17-6)5-16-11-3-8(12(15)18)10(14)4-9(11)13/h2-4,16H,5,14H2,1H3,(H2,15,18). The van der Waals surface area contributed by atoms with Crippen LogP contribution in [0.4, 0.5) is 15.8 Å². The van der Waals surface area contributed by atoms with Gasteiger partial charge in [-0.15, -0.1) is 0 Å². The lowest BCUT2D eigenvalue weighted by Crippen LogP contribution is -2.14. The van der Waals surface area contributed by atoms with Crippen molar-refractivity contribution in [3.05, 3.63) is 41.0 Å². The number of halogens is 1. The van der Waals surface area contributed by atoms with E-state index in [4.69, 9.17) is 16.0 Å². The highest BCUT2D eigenvalue weighted by atomic mass is 19.1. The number of primary amides is 1. The summed E-state index contributed by atoms with van der Waals surface area (Å²) in [7, 11) is 0. The molecule has 1 aromatic carbocycles. The normalized spacial score (nSPS) is 10.4. The van der Waals surface area contributed by atoms with Gasteiger partial charge in [0.15, 0.2) is 5.76 Å². The Balaban J connectivity index is 2.20. The van der Waals surface area contributed by atoms with Crippen LogP contribution in [-0.2, 0) is 6.54 Å². The van der Waals surface area contributed by atoms with Crippen LogP contribution in [0.1, 0.15) is 21.8 Å². The highest BCUT2D eigenvalue weighted by Gasteiger charge is 2.12. The minimum absolute atomic E-state index is 0.00561. The first-order valence-corrected chi connectivity index (χ1v) is 5.52. The van der Waals surface area contributed by atoms with Crippen LogP contribution in [-0.4, -0.2) is 11.1 Å². The lowest BCUT2D eigenvalue weighted by molar-refractivity contribution is 0.100. The van der Waals surface area contributed by atoms with Crippen molar-refractivity contribution < 1.29 is 13.7 Å². The molecule has 0 bridgehead atoms. The molecule has 5 N–H and O–H groups in total. The number of hydrogen-bond donors (Lipinski definition) is 3. The minimum Gasteiger partial charge on any atom is -0.398 e. The maximum absolute atomic E-state index is 13.7. The number of carbonyl (C=O) groups excluding carboxylic acids is 1. The quantitative estimate of drug-likeness (QED) is 0.724. The molecule has 0 saturated carbocycles. The molecule has 7 heteroatoms. The average Bonchev–Trinajstić information content (AvgIpc) is 2.73. The highest BCUT2D eigenvalue weighted by Crippen LogP contribution is 2.22. The van der Waals surface area contributed by atoms with Crippen molar-refractivity contribution in [2.75, 3.05) is 11.1 Å². The SMILES string of the molecule is Cc1cc(CNc2cc(C(N)=O)c(N)cc2F)on1. The summed E-state index contributed by atoms with van der Waals surface area (Å²) in [4.78, 5) is 11.1. The molecule has 100 valence electrons. The second kappa shape index (κ2) is 4.97. The number of nitrogens with two attached hydrogens (primary N) is 2. The van der Waals surface area contributed by atoms with Crippen LogP contribution in [0.5, 0.6) is 0 Å². The third kappa shape index (κ3) is 2.82. The van der Waals surface area contributed by atoms with Crippen molar-refractivity contribution in [3.8, 4) is 0 Å². The first kappa shape index (κ1) is 12.9. The summed E-state index contributed by atoms with van der Waals surface area (Å²) in [6.45, 7) is 2.02. The van der Waals surface area contributed by atoms with Crippen LogP contribution in [0.25, 0.3) is 0 Å². The fraction of sp³-hybridized carbons (Fsp3) is 0.167. The molecule has 0 atom stereocenters. The molecule has 0 unspecified atom stereocenters. The van der Waals surface area contributed by atoms with Crippen molar-refractivity contribution in [2.24, 2.45) is 5.73 Å². The number of aromatic nitrogens is 1. The molecule has 1 amide bonds. The summed E-state index contributed by atoms with van der Waals surface area (Å²) in [5.74, 6) is -0.732. The molecular weight excluding hydrogens is 251 g/mol. The summed E-state index contributed by atoms with van der Waals surface area (Å²) >= 11 is 0. The predicted octanol–water partition coefficient (Wildman–Crippen LogP) is 1.42. The number of carbonyl (C=O) groups is 1. The zero-order valence-corrected chi connectivity index (χ0v) is 10.2. The number of nitrogens with one attached hydrogen (secondary N) is 1. The van der Waals surface area contributed by atoms with Gasteiger partial charge >= 0.3 is 0 Å². The summed E-state index contributed by atoms with van der Waals surface area (Å²) in [6, 6.07) is 4.04. The number of amides is 1. The monoisotopic (exact) mass is 264 g/mol. The number of anilines is 2. The first-order valence-electron chi connectivity index (χ1n) is 5.52. The fourth-order valence-electron chi connectivity index (χ4n) is 1.62. The molecule has 0 spiro atoms. The smallest absolute Gasteiger partial charge is 0.250 e. The number of rotatable bonds is 4. The molecule has 1 aromatic heterocycles. The van der Waals surface area contributed by atoms with Crippen molar-refractivity contribution >= 4 is 17.3 Å². The van der Waals surface area contributed by atoms with E-state index < -0.39 is 11.7 Å². The molecule has 0 aliphatic carbocycles. The van der Waals surface area contributed by atoms with Gasteiger partial charge in [0, 0.05) is 11.8 Å². The van der Waals surface area contributed by atoms with Crippen LogP contribution in [0.2, 0.25) is 0 Å². The number of aryl methyl sites for hydroxylation is 1. The van der Waals surface area contributed by atoms with Crippen molar-refractivity contribution in [2.45, 2.75) is 13.5 Å². The molecular formula is C12H13FN4O2. The van der Waals surface area contributed by atoms with E-state index in [2.05, 4.69) is 10.5 Å². The average molecular weight is 264 g/mol. The van der Waals surface area contributed by atoms with E-state index in [1.54, 1.807) is 13.0 Å². The Bertz CT molecular complexity index is 624. The van der Waals surface area contributed by atoms with Crippen LogP contribution in [0.3, 0.4) is 0 Å². The Kier molecular flexibility index (Phi) is 3.37. The third-order valence-corrected chi connectivity index (χ3v) is 2.53. The molecule has 19 heavy (non-hydrogen) atoms. The van der Waals surface area contributed by atoms with Gasteiger partial charge in [0.2, 0.25) is 0 Å². The van der Waals surface area contributed by atoms with E-state index in [0.29, 0.717) is 5.76 Å². The van der Waals surface area contributed by atoms with Gasteiger partial charge in [-0.1, -0.05) is 5.16 Å². The summed E-state index contributed by atoms with van der Waals surface area (Å²) in [5, 5.41) is 6.50. The van der Waals surface area contributed by atoms with Gasteiger partial charge in [0.25, 0.3) is 5.91 Å². The van der Waals surface area contributed by atoms with E-state index in [1.165, 1.54) is 6.07 Å². The number of nitrogens with zero attached hydrogens (tertiary/aromatic N) is 1. The highest BCUT2D eigenvalue weighted by molar-refractivity contribution is 5.99. The topological polar surface area (TPSA) is 107 Å². The maximum atomic E-state index is 13.7. The Labute approximate surface area is 108 Å². The lowest BCUT2D eigenvalue weighted by atomic mass is 10.1. The van der Waals surface area contributed by atoms with E-state index in [0.717, 1.165) is 11.8 Å². The molecule has 0 aliphatic heterocycles. The van der Waals surface area contributed by atoms with Gasteiger partial charge in [-0.25, -0.2) is 4.39 Å². The van der Waals surface area contributed by atoms with Gasteiger partial charge in [-0.3, -0.25) is 4.79 Å². The van der Waals surface area contributed by atoms with Gasteiger partial charge < -0.3 is 21.3 Å². The summed E-state index contributed by atoms with van der Waals surface area (Å²) < 4.78 is 18.6. The van der Waals surface area contributed by atoms with Gasteiger partial charge in [-0.05, 0) is 19.1 Å². The molecule has 0 fully saturated rings. The molecule has 6 nitrogen and oxygen atoms in total. The summed E-state index contributed by atoms with van der Waals surface area (Å²) in [5.41, 5.74) is 11.6. The Morgan fingerprint density at radius 2 is 2.21 bits per heavy atom. The van der Waals surface area contributed by atoms with Gasteiger partial charge in [-0.2, -0.15) is 0 Å². The van der Waals surface area contributed by atoms with Crippen LogP contribution in [0, 0.1) is 12.7 Å². The second-order valence-corrected chi connectivity index (χ2v) is 4.07. The van der Waals surface area contributed by atoms with Gasteiger partial charge in [0.05, 0.1) is 23.5 Å². The van der Waals surface area contributed by atoms with Crippen LogP contribution >= 0.6 is 0 Å². The second-order valence-electron chi connectivity index (χ2n) is 4.07. The first-order chi connectivity index (χ1) is 8.97. The van der Waals surface area contributed by atoms with Crippen molar-refractivity contribution in [1.29, 1.82) is 0 Å². The Morgan fingerprint density at radius 1 is 1.47 bits per heavy atom. The zero-order valence-electron chi connectivity index (χ0n) is 10.2. The molecule has 1 heterocycles. The van der Waals surface area contributed by atoms with E-state index in [1.807, 2.05) is 0 Å². The van der Waals surface area contributed by atoms with Crippen molar-refractivity contribution in [3.63, 3.8) is 0 Å². The van der Waals surface area contributed by atoms with Crippen LogP contribution in [0.15, 0.2) is 22.7 Å². The minimum atomic E-state index is -0.712. The fourth-order valence-corrected chi connectivity index (χ4v) is 1.62. The number of hydrogen-bond acceptors (Lipinski definition) is 5. The Hall–Kier alpha value is -2.57. The molecule has 0 aliphatic rings. The van der Waals surface area contributed by atoms with E-state index >= 15 is 0 Å². The predicted molar refractivity (Wildman–Crippen MR) is 67.9 cm³/mol. The summed E-state index contributed by atoms with van der Waals surface area (Å²) in [6.07, 6.45) is 0. The molecule has 0 saturated heterocycles. The van der Waals surface area contributed by atoms with Gasteiger partial charge in [0.1, 0.15) is 5.82 Å². The third-order valence-electron chi connectivity index (χ3n) is 2.53. The molecule has 2 aromatic rings. The zero-order chi connectivity index (χ0) is 14.0. The Morgan fingerprint density at radius 3 is 2.79 bits per heavy atom. The largest absolute Gasteiger partial charge is 0.398 e. The van der Waals surface area contributed by atoms with E-state index in [9.17, 15) is 9.18 Å². The maximum Gasteiger partial charge on any atom is 0.250 e. The lowest BCUT2D eigenvalue weighted by Gasteiger charge is -2.09. The number of benzene rings is 1. The van der Waals surface area contributed by atoms with E-state index in [-0.39, 0.29) is 23.5 Å². The molecule has 2 rings (SSSR count).